The fourth-order valence-electron chi connectivity index (χ4n) is 7.87. The molecule has 6 aromatic rings. The van der Waals surface area contributed by atoms with E-state index >= 15 is 0 Å². The number of hydrogen-bond acceptors (Lipinski definition) is 0. The monoisotopic (exact) mass is 766 g/mol. The fraction of sp³-hybridized carbons (Fsp3) is 0.213. The van der Waals surface area contributed by atoms with Gasteiger partial charge in [-0.3, -0.25) is 0 Å². The van der Waals surface area contributed by atoms with Crippen LogP contribution in [0.4, 0.5) is 0 Å². The molecule has 0 amide bonds. The molecule has 0 saturated carbocycles. The first kappa shape index (κ1) is 33.8. The van der Waals surface area contributed by atoms with E-state index in [2.05, 4.69) is 163 Å². The average Bonchev–Trinajstić information content (AvgIpc) is 3.76. The van der Waals surface area contributed by atoms with Crippen LogP contribution < -0.4 is 3.27 Å². The van der Waals surface area contributed by atoms with E-state index in [-0.39, 0.29) is 10.8 Å². The number of benzene rings is 6. The summed E-state index contributed by atoms with van der Waals surface area (Å²) >= 11 is 10.8. The van der Waals surface area contributed by atoms with Gasteiger partial charge in [0.05, 0.1) is 0 Å². The minimum absolute atomic E-state index is 0.00908. The van der Waals surface area contributed by atoms with Crippen molar-refractivity contribution in [1.82, 2.24) is 0 Å². The molecule has 0 N–H and O–H groups in total. The van der Waals surface area contributed by atoms with Gasteiger partial charge in [-0.05, 0) is 0 Å². The van der Waals surface area contributed by atoms with Crippen LogP contribution in [-0.2, 0) is 38.5 Å². The van der Waals surface area contributed by atoms with Gasteiger partial charge in [0, 0.05) is 0 Å². The Morgan fingerprint density at radius 1 is 0.600 bits per heavy atom. The quantitative estimate of drug-likeness (QED) is 0.167. The molecule has 50 heavy (non-hydrogen) atoms. The Kier molecular flexibility index (Phi) is 8.58. The number of rotatable bonds is 4. The minimum atomic E-state index is -3.04. The SMILES string of the molecule is CC(C)(C)c1ccc2c(c1)-c1cc(C(C)(C)C)c[c]([Zr]([C]3=CC=CC3)=[C](c3ccc(Cl)c4ccccc34)c3ccc(Cl)c4ccccc34)c1C2. The second-order valence-electron chi connectivity index (χ2n) is 16.0. The summed E-state index contributed by atoms with van der Waals surface area (Å²) in [5, 5.41) is 6.19. The molecular formula is C47H42Cl2Zr. The molecule has 0 fully saturated rings. The van der Waals surface area contributed by atoms with E-state index in [0.717, 1.165) is 33.7 Å². The van der Waals surface area contributed by atoms with Gasteiger partial charge in [-0.2, -0.15) is 0 Å². The Bertz CT molecular complexity index is 2370. The third kappa shape index (κ3) is 5.85. The van der Waals surface area contributed by atoms with E-state index < -0.39 is 21.3 Å². The van der Waals surface area contributed by atoms with Crippen LogP contribution in [0.1, 0.15) is 81.3 Å². The first-order valence-electron chi connectivity index (χ1n) is 17.7. The summed E-state index contributed by atoms with van der Waals surface area (Å²) in [7, 11) is 0. The van der Waals surface area contributed by atoms with Crippen molar-refractivity contribution in [2.45, 2.75) is 65.2 Å². The van der Waals surface area contributed by atoms with Gasteiger partial charge >= 0.3 is 317 Å². The molecule has 0 nitrogen and oxygen atoms in total. The van der Waals surface area contributed by atoms with Crippen LogP contribution in [0.5, 0.6) is 0 Å². The number of hydrogen-bond donors (Lipinski definition) is 0. The van der Waals surface area contributed by atoms with E-state index in [1.807, 2.05) is 0 Å². The fourth-order valence-corrected chi connectivity index (χ4v) is 16.5. The van der Waals surface area contributed by atoms with Crippen LogP contribution >= 0.6 is 23.2 Å². The third-order valence-electron chi connectivity index (χ3n) is 10.6. The normalized spacial score (nSPS) is 13.9. The maximum atomic E-state index is 6.93. The van der Waals surface area contributed by atoms with E-state index in [1.54, 1.807) is 6.55 Å². The van der Waals surface area contributed by atoms with Gasteiger partial charge in [0.1, 0.15) is 0 Å². The summed E-state index contributed by atoms with van der Waals surface area (Å²) in [6, 6.07) is 38.6. The summed E-state index contributed by atoms with van der Waals surface area (Å²) in [5.41, 5.74) is 11.3. The van der Waals surface area contributed by atoms with Crippen molar-refractivity contribution in [3.05, 3.63) is 168 Å². The molecule has 2 aliphatic rings. The first-order chi connectivity index (χ1) is 23.9. The number of fused-ring (bicyclic) bond motifs is 5. The van der Waals surface area contributed by atoms with Gasteiger partial charge in [-0.25, -0.2) is 0 Å². The van der Waals surface area contributed by atoms with Gasteiger partial charge in [-0.15, -0.1) is 0 Å². The Morgan fingerprint density at radius 3 is 1.70 bits per heavy atom. The summed E-state index contributed by atoms with van der Waals surface area (Å²) < 4.78 is 4.68. The maximum absolute atomic E-state index is 6.93. The van der Waals surface area contributed by atoms with Crippen LogP contribution in [0.25, 0.3) is 32.7 Å². The van der Waals surface area contributed by atoms with Crippen molar-refractivity contribution in [2.24, 2.45) is 0 Å². The molecule has 3 heteroatoms. The van der Waals surface area contributed by atoms with Gasteiger partial charge in [-0.1, -0.05) is 0 Å². The van der Waals surface area contributed by atoms with Crippen LogP contribution in [0.3, 0.4) is 0 Å². The Hall–Kier alpha value is -3.35. The average molecular weight is 769 g/mol. The van der Waals surface area contributed by atoms with Crippen molar-refractivity contribution in [3.8, 4) is 11.1 Å². The molecule has 0 heterocycles. The predicted molar refractivity (Wildman–Crippen MR) is 215 cm³/mol. The van der Waals surface area contributed by atoms with Crippen molar-refractivity contribution >= 4 is 51.2 Å². The standard InChI is InChI=1S/C21H12Cl2.C21H25.C5H5.Zr/c22-20-11-9-14(16-5-1-3-7-18(16)20)13-15-10-12-21(23)19-8-4-2-6-17(15)19;1-20(2,3)16-9-7-14-11-15-8-10-17(21(4,5)6)13-19(15)18(14)12-16;1-2-4-5-3-1;/h1-12H;7,9-10,12-13H,11H2,1-6H3;1-3H,4H2;. The molecule has 2 aliphatic carbocycles. The molecule has 0 spiro atoms. The van der Waals surface area contributed by atoms with Crippen LogP contribution in [-0.4, -0.2) is 3.21 Å². The Morgan fingerprint density at radius 2 is 1.16 bits per heavy atom. The summed E-state index contributed by atoms with van der Waals surface area (Å²) in [6.45, 7) is 14.1. The Balaban J connectivity index is 1.56. The number of halogens is 2. The second kappa shape index (κ2) is 12.7. The first-order valence-corrected chi connectivity index (χ1v) is 22.1. The predicted octanol–water partition coefficient (Wildman–Crippen LogP) is 12.8. The summed E-state index contributed by atoms with van der Waals surface area (Å²) in [5.74, 6) is 0. The summed E-state index contributed by atoms with van der Waals surface area (Å²) in [4.78, 5) is 0. The molecular weight excluding hydrogens is 727 g/mol. The number of allylic oxidation sites excluding steroid dienone is 4. The zero-order valence-corrected chi connectivity index (χ0v) is 33.7. The van der Waals surface area contributed by atoms with Crippen molar-refractivity contribution in [1.29, 1.82) is 0 Å². The van der Waals surface area contributed by atoms with Crippen LogP contribution in [0.2, 0.25) is 10.0 Å². The molecule has 0 radical (unpaired) electrons. The molecule has 0 unspecified atom stereocenters. The van der Waals surface area contributed by atoms with E-state index in [9.17, 15) is 0 Å². The molecule has 0 saturated heterocycles. The molecule has 248 valence electrons. The summed E-state index contributed by atoms with van der Waals surface area (Å²) in [6.07, 6.45) is 9.04. The van der Waals surface area contributed by atoms with E-state index in [0.29, 0.717) is 0 Å². The third-order valence-corrected chi connectivity index (χ3v) is 18.8. The Labute approximate surface area is 314 Å². The van der Waals surface area contributed by atoms with Gasteiger partial charge < -0.3 is 0 Å². The van der Waals surface area contributed by atoms with Gasteiger partial charge in [0.25, 0.3) is 0 Å². The van der Waals surface area contributed by atoms with Gasteiger partial charge in [0.15, 0.2) is 0 Å². The molecule has 8 rings (SSSR count). The zero-order chi connectivity index (χ0) is 34.9. The molecule has 0 atom stereocenters. The molecule has 0 aromatic heterocycles. The van der Waals surface area contributed by atoms with Crippen LogP contribution in [0.15, 0.2) is 125 Å². The van der Waals surface area contributed by atoms with Crippen LogP contribution in [0, 0.1) is 0 Å². The molecule has 6 aromatic carbocycles. The molecule has 0 bridgehead atoms. The zero-order valence-electron chi connectivity index (χ0n) is 29.7. The van der Waals surface area contributed by atoms with Crippen molar-refractivity contribution in [3.63, 3.8) is 0 Å². The van der Waals surface area contributed by atoms with E-state index in [4.69, 9.17) is 23.2 Å². The topological polar surface area (TPSA) is 0 Å². The second-order valence-corrected chi connectivity index (χ2v) is 22.7. The van der Waals surface area contributed by atoms with Gasteiger partial charge in [0.2, 0.25) is 0 Å². The molecule has 0 aliphatic heterocycles. The van der Waals surface area contributed by atoms with Crippen molar-refractivity contribution in [2.75, 3.05) is 0 Å². The van der Waals surface area contributed by atoms with Crippen molar-refractivity contribution < 1.29 is 21.3 Å². The van der Waals surface area contributed by atoms with E-state index in [1.165, 1.54) is 58.5 Å².